The summed E-state index contributed by atoms with van der Waals surface area (Å²) in [6.45, 7) is 9.62. The largest absolute Gasteiger partial charge is 0.371 e. The molecule has 1 heterocycles. The molecule has 0 aromatic heterocycles. The fraction of sp³-hybridized carbons (Fsp3) is 0.700. The van der Waals surface area contributed by atoms with Crippen molar-refractivity contribution in [2.24, 2.45) is 11.8 Å². The van der Waals surface area contributed by atoms with E-state index in [0.29, 0.717) is 18.4 Å². The Morgan fingerprint density at radius 2 is 1.96 bits per heavy atom. The zero-order valence-electron chi connectivity index (χ0n) is 16.0. The SMILES string of the molecule is CC(=O)NC(C(=O)N1CC(C)CC(C)C1)C(C)OCC1=CCCC=C1. The predicted octanol–water partition coefficient (Wildman–Crippen LogP) is 2.68. The van der Waals surface area contributed by atoms with Gasteiger partial charge in [-0.25, -0.2) is 0 Å². The molecule has 4 atom stereocenters. The first-order valence-electron chi connectivity index (χ1n) is 9.40. The van der Waals surface area contributed by atoms with Gasteiger partial charge in [0.05, 0.1) is 12.7 Å². The van der Waals surface area contributed by atoms with Crippen molar-refractivity contribution in [1.82, 2.24) is 10.2 Å². The van der Waals surface area contributed by atoms with E-state index in [1.54, 1.807) is 0 Å². The molecule has 25 heavy (non-hydrogen) atoms. The van der Waals surface area contributed by atoms with Gasteiger partial charge in [0.15, 0.2) is 0 Å². The van der Waals surface area contributed by atoms with Crippen LogP contribution in [0.15, 0.2) is 23.8 Å². The van der Waals surface area contributed by atoms with E-state index in [9.17, 15) is 9.59 Å². The minimum atomic E-state index is -0.636. The van der Waals surface area contributed by atoms with Gasteiger partial charge in [-0.2, -0.15) is 0 Å². The van der Waals surface area contributed by atoms with Crippen LogP contribution in [0, 0.1) is 11.8 Å². The Labute approximate surface area is 151 Å². The zero-order chi connectivity index (χ0) is 18.4. The normalized spacial score (nSPS) is 25.9. The van der Waals surface area contributed by atoms with E-state index in [0.717, 1.165) is 37.9 Å². The predicted molar refractivity (Wildman–Crippen MR) is 99.0 cm³/mol. The third kappa shape index (κ3) is 5.99. The van der Waals surface area contributed by atoms with Crippen LogP contribution in [0.5, 0.6) is 0 Å². The lowest BCUT2D eigenvalue weighted by Crippen LogP contribution is -2.56. The van der Waals surface area contributed by atoms with Crippen molar-refractivity contribution in [3.63, 3.8) is 0 Å². The standard InChI is InChI=1S/C20H32N2O3/c1-14-10-15(2)12-22(11-14)20(24)19(21-17(4)23)16(3)25-13-18-8-6-5-7-9-18/h6,8-9,14-16,19H,5,7,10-13H2,1-4H3,(H,21,23). The number of hydrogen-bond donors (Lipinski definition) is 1. The first-order chi connectivity index (χ1) is 11.9. The van der Waals surface area contributed by atoms with E-state index in [2.05, 4.69) is 37.4 Å². The Kier molecular flexibility index (Phi) is 7.24. The molecule has 2 rings (SSSR count). The molecule has 140 valence electrons. The van der Waals surface area contributed by atoms with Gasteiger partial charge in [0.2, 0.25) is 11.8 Å². The fourth-order valence-electron chi connectivity index (χ4n) is 3.74. The Bertz CT molecular complexity index is 531. The van der Waals surface area contributed by atoms with Crippen LogP contribution in [0.4, 0.5) is 0 Å². The number of likely N-dealkylation sites (tertiary alicyclic amines) is 1. The lowest BCUT2D eigenvalue weighted by Gasteiger charge is -2.38. The lowest BCUT2D eigenvalue weighted by molar-refractivity contribution is -0.142. The number of allylic oxidation sites excluding steroid dienone is 2. The third-order valence-corrected chi connectivity index (χ3v) is 4.86. The molecule has 0 spiro atoms. The van der Waals surface area contributed by atoms with Gasteiger partial charge in [0, 0.05) is 20.0 Å². The smallest absolute Gasteiger partial charge is 0.247 e. The third-order valence-electron chi connectivity index (χ3n) is 4.86. The first kappa shape index (κ1) is 19.7. The lowest BCUT2D eigenvalue weighted by atomic mass is 9.91. The van der Waals surface area contributed by atoms with E-state index in [-0.39, 0.29) is 17.9 Å². The molecular weight excluding hydrogens is 316 g/mol. The van der Waals surface area contributed by atoms with Crippen LogP contribution in [0.1, 0.15) is 47.0 Å². The fourth-order valence-corrected chi connectivity index (χ4v) is 3.74. The van der Waals surface area contributed by atoms with Crippen molar-refractivity contribution in [2.75, 3.05) is 19.7 Å². The van der Waals surface area contributed by atoms with Gasteiger partial charge in [0.1, 0.15) is 6.04 Å². The second-order valence-corrected chi connectivity index (χ2v) is 7.64. The highest BCUT2D eigenvalue weighted by atomic mass is 16.5. The molecule has 1 N–H and O–H groups in total. The van der Waals surface area contributed by atoms with Gasteiger partial charge in [-0.15, -0.1) is 0 Å². The second-order valence-electron chi connectivity index (χ2n) is 7.64. The Morgan fingerprint density at radius 1 is 1.28 bits per heavy atom. The summed E-state index contributed by atoms with van der Waals surface area (Å²) >= 11 is 0. The average Bonchev–Trinajstić information content (AvgIpc) is 2.57. The van der Waals surface area contributed by atoms with Crippen molar-refractivity contribution in [2.45, 2.75) is 59.1 Å². The van der Waals surface area contributed by atoms with Crippen LogP contribution in [0.25, 0.3) is 0 Å². The maximum Gasteiger partial charge on any atom is 0.247 e. The Hall–Kier alpha value is -1.62. The van der Waals surface area contributed by atoms with Crippen LogP contribution in [-0.2, 0) is 14.3 Å². The summed E-state index contributed by atoms with van der Waals surface area (Å²) in [5.41, 5.74) is 1.13. The summed E-state index contributed by atoms with van der Waals surface area (Å²) in [6.07, 6.45) is 9.23. The molecule has 2 aliphatic rings. The molecule has 1 aliphatic heterocycles. The summed E-state index contributed by atoms with van der Waals surface area (Å²) in [5, 5.41) is 2.80. The Balaban J connectivity index is 2.00. The number of nitrogens with one attached hydrogen (secondary N) is 1. The second kappa shape index (κ2) is 9.18. The van der Waals surface area contributed by atoms with Crippen LogP contribution < -0.4 is 5.32 Å². The molecule has 1 fully saturated rings. The Morgan fingerprint density at radius 3 is 2.52 bits per heavy atom. The van der Waals surface area contributed by atoms with Crippen LogP contribution in [0.2, 0.25) is 0 Å². The molecule has 0 radical (unpaired) electrons. The molecular formula is C20H32N2O3. The summed E-state index contributed by atoms with van der Waals surface area (Å²) in [6, 6.07) is -0.636. The van der Waals surface area contributed by atoms with E-state index in [4.69, 9.17) is 4.74 Å². The number of rotatable bonds is 6. The van der Waals surface area contributed by atoms with Gasteiger partial charge in [-0.3, -0.25) is 9.59 Å². The summed E-state index contributed by atoms with van der Waals surface area (Å²) in [5.74, 6) is 0.733. The van der Waals surface area contributed by atoms with Crippen LogP contribution in [-0.4, -0.2) is 48.6 Å². The van der Waals surface area contributed by atoms with E-state index in [1.807, 2.05) is 11.8 Å². The van der Waals surface area contributed by atoms with E-state index in [1.165, 1.54) is 6.92 Å². The van der Waals surface area contributed by atoms with Crippen molar-refractivity contribution < 1.29 is 14.3 Å². The number of amides is 2. The first-order valence-corrected chi connectivity index (χ1v) is 9.40. The number of piperidine rings is 1. The van der Waals surface area contributed by atoms with E-state index < -0.39 is 6.04 Å². The number of carbonyl (C=O) groups excluding carboxylic acids is 2. The molecule has 5 nitrogen and oxygen atoms in total. The van der Waals surface area contributed by atoms with Gasteiger partial charge in [-0.05, 0) is 43.6 Å². The monoisotopic (exact) mass is 348 g/mol. The van der Waals surface area contributed by atoms with Gasteiger partial charge < -0.3 is 15.0 Å². The molecule has 5 heteroatoms. The van der Waals surface area contributed by atoms with Gasteiger partial charge in [0.25, 0.3) is 0 Å². The minimum absolute atomic E-state index is 0.0331. The molecule has 0 saturated carbocycles. The maximum absolute atomic E-state index is 13.0. The molecule has 2 amide bonds. The van der Waals surface area contributed by atoms with Crippen molar-refractivity contribution >= 4 is 11.8 Å². The van der Waals surface area contributed by atoms with Crippen LogP contribution >= 0.6 is 0 Å². The molecule has 1 aliphatic carbocycles. The number of carbonyl (C=O) groups is 2. The quantitative estimate of drug-likeness (QED) is 0.803. The minimum Gasteiger partial charge on any atom is -0.371 e. The summed E-state index contributed by atoms with van der Waals surface area (Å²) in [4.78, 5) is 26.5. The number of ether oxygens (including phenoxy) is 1. The van der Waals surface area contributed by atoms with E-state index >= 15 is 0 Å². The molecule has 1 saturated heterocycles. The molecule has 0 aromatic rings. The summed E-state index contributed by atoms with van der Waals surface area (Å²) < 4.78 is 5.93. The highest BCUT2D eigenvalue weighted by Crippen LogP contribution is 2.22. The van der Waals surface area contributed by atoms with Gasteiger partial charge in [-0.1, -0.05) is 32.1 Å². The van der Waals surface area contributed by atoms with Gasteiger partial charge >= 0.3 is 0 Å². The number of nitrogens with zero attached hydrogens (tertiary/aromatic N) is 1. The topological polar surface area (TPSA) is 58.6 Å². The van der Waals surface area contributed by atoms with Crippen molar-refractivity contribution in [3.8, 4) is 0 Å². The zero-order valence-corrected chi connectivity index (χ0v) is 16.0. The highest BCUT2D eigenvalue weighted by molar-refractivity contribution is 5.87. The molecule has 0 bridgehead atoms. The molecule has 0 aromatic carbocycles. The maximum atomic E-state index is 13.0. The molecule has 4 unspecified atom stereocenters. The van der Waals surface area contributed by atoms with Crippen molar-refractivity contribution in [3.05, 3.63) is 23.8 Å². The summed E-state index contributed by atoms with van der Waals surface area (Å²) in [7, 11) is 0. The van der Waals surface area contributed by atoms with Crippen LogP contribution in [0.3, 0.4) is 0 Å². The highest BCUT2D eigenvalue weighted by Gasteiger charge is 2.34. The average molecular weight is 348 g/mol. The van der Waals surface area contributed by atoms with Crippen molar-refractivity contribution in [1.29, 1.82) is 0 Å². The number of hydrogen-bond acceptors (Lipinski definition) is 3.